The molecule has 2 atom stereocenters. The Bertz CT molecular complexity index is 813. The molecule has 8 heteroatoms. The number of ketones is 1. The first-order valence-electron chi connectivity index (χ1n) is 10.7. The van der Waals surface area contributed by atoms with Crippen LogP contribution >= 0.6 is 7.60 Å². The average Bonchev–Trinajstić information content (AvgIpc) is 2.72. The van der Waals surface area contributed by atoms with Crippen LogP contribution in [-0.4, -0.2) is 37.1 Å². The molecule has 30 heavy (non-hydrogen) atoms. The molecule has 164 valence electrons. The SMILES string of the molecule is COP(=O)(OC)[C@@H](C(=O)C12CC3CC(CC(C3)C1)C2)[C@H](C[N+](=O)[O-])c1ccccc1. The van der Waals surface area contributed by atoms with Gasteiger partial charge in [-0.15, -0.1) is 0 Å². The van der Waals surface area contributed by atoms with Gasteiger partial charge in [0, 0.05) is 24.6 Å². The van der Waals surface area contributed by atoms with E-state index in [1.54, 1.807) is 24.3 Å². The van der Waals surface area contributed by atoms with Crippen molar-refractivity contribution in [1.82, 2.24) is 0 Å². The maximum Gasteiger partial charge on any atom is 0.341 e. The predicted octanol–water partition coefficient (Wildman–Crippen LogP) is 4.69. The van der Waals surface area contributed by atoms with E-state index in [-0.39, 0.29) is 5.78 Å². The van der Waals surface area contributed by atoms with E-state index < -0.39 is 36.1 Å². The Balaban J connectivity index is 1.79. The van der Waals surface area contributed by atoms with Gasteiger partial charge in [0.25, 0.3) is 0 Å². The van der Waals surface area contributed by atoms with Gasteiger partial charge in [0.1, 0.15) is 5.66 Å². The van der Waals surface area contributed by atoms with Gasteiger partial charge in [-0.2, -0.15) is 0 Å². The lowest BCUT2D eigenvalue weighted by Crippen LogP contribution is -2.54. The van der Waals surface area contributed by atoms with Crippen LogP contribution in [0.5, 0.6) is 0 Å². The van der Waals surface area contributed by atoms with E-state index in [9.17, 15) is 19.5 Å². The maximum atomic E-state index is 14.2. The van der Waals surface area contributed by atoms with Gasteiger partial charge >= 0.3 is 7.60 Å². The Morgan fingerprint density at radius 3 is 2.03 bits per heavy atom. The van der Waals surface area contributed by atoms with E-state index in [2.05, 4.69) is 0 Å². The van der Waals surface area contributed by atoms with Crippen molar-refractivity contribution in [2.75, 3.05) is 20.8 Å². The smallest absolute Gasteiger partial charge is 0.311 e. The predicted molar refractivity (Wildman–Crippen MR) is 112 cm³/mol. The van der Waals surface area contributed by atoms with E-state index in [0.717, 1.165) is 19.3 Å². The van der Waals surface area contributed by atoms with Gasteiger partial charge in [-0.3, -0.25) is 19.5 Å². The lowest BCUT2D eigenvalue weighted by molar-refractivity contribution is -0.483. The lowest BCUT2D eigenvalue weighted by atomic mass is 9.48. The summed E-state index contributed by atoms with van der Waals surface area (Å²) < 4.78 is 24.3. The number of benzene rings is 1. The summed E-state index contributed by atoms with van der Waals surface area (Å²) in [5.41, 5.74) is -1.13. The highest BCUT2D eigenvalue weighted by molar-refractivity contribution is 7.55. The fourth-order valence-corrected chi connectivity index (χ4v) is 8.69. The molecule has 0 aliphatic heterocycles. The third-order valence-electron chi connectivity index (χ3n) is 7.63. The normalized spacial score (nSPS) is 32.0. The molecule has 4 saturated carbocycles. The zero-order chi connectivity index (χ0) is 21.5. The molecule has 0 heterocycles. The highest BCUT2D eigenvalue weighted by Crippen LogP contribution is 2.65. The van der Waals surface area contributed by atoms with Crippen molar-refractivity contribution in [2.24, 2.45) is 23.2 Å². The van der Waals surface area contributed by atoms with Crippen LogP contribution in [-0.2, 0) is 18.4 Å². The molecular formula is C22H30NO6P. The fourth-order valence-electron chi connectivity index (χ4n) is 6.82. The minimum Gasteiger partial charge on any atom is -0.311 e. The number of Topliss-reactive ketones (excluding diaryl/α,β-unsaturated/α-hetero) is 1. The fraction of sp³-hybridized carbons (Fsp3) is 0.682. The maximum absolute atomic E-state index is 14.2. The summed E-state index contributed by atoms with van der Waals surface area (Å²) in [6.45, 7) is -0.497. The van der Waals surface area contributed by atoms with E-state index in [0.29, 0.717) is 23.3 Å². The lowest BCUT2D eigenvalue weighted by Gasteiger charge is -2.56. The van der Waals surface area contributed by atoms with E-state index in [1.165, 1.54) is 33.5 Å². The Morgan fingerprint density at radius 1 is 1.10 bits per heavy atom. The molecule has 0 amide bonds. The number of hydrogen-bond donors (Lipinski definition) is 0. The van der Waals surface area contributed by atoms with Crippen LogP contribution in [0.1, 0.15) is 50.0 Å². The van der Waals surface area contributed by atoms with Crippen molar-refractivity contribution in [2.45, 2.75) is 50.1 Å². The molecule has 0 radical (unpaired) electrons. The number of rotatable bonds is 9. The van der Waals surface area contributed by atoms with Crippen molar-refractivity contribution in [3.63, 3.8) is 0 Å². The highest BCUT2D eigenvalue weighted by atomic mass is 31.2. The molecule has 1 aromatic carbocycles. The van der Waals surface area contributed by atoms with Gasteiger partial charge in [0.15, 0.2) is 5.78 Å². The van der Waals surface area contributed by atoms with Gasteiger partial charge in [-0.05, 0) is 61.8 Å². The minimum atomic E-state index is -3.90. The highest BCUT2D eigenvalue weighted by Gasteiger charge is 2.60. The zero-order valence-corrected chi connectivity index (χ0v) is 18.5. The monoisotopic (exact) mass is 435 g/mol. The van der Waals surface area contributed by atoms with Crippen molar-refractivity contribution in [3.8, 4) is 0 Å². The summed E-state index contributed by atoms with van der Waals surface area (Å²) in [6.07, 6.45) is 5.88. The number of carbonyl (C=O) groups is 1. The second-order valence-corrected chi connectivity index (χ2v) is 11.8. The van der Waals surface area contributed by atoms with Crippen LogP contribution in [0, 0.1) is 33.3 Å². The molecule has 4 bridgehead atoms. The van der Waals surface area contributed by atoms with Crippen LogP contribution in [0.2, 0.25) is 0 Å². The number of nitrogens with zero attached hydrogens (tertiary/aromatic N) is 1. The van der Waals surface area contributed by atoms with E-state index in [1.807, 2.05) is 6.07 Å². The van der Waals surface area contributed by atoms with Crippen molar-refractivity contribution < 1.29 is 23.3 Å². The molecular weight excluding hydrogens is 405 g/mol. The Hall–Kier alpha value is -1.56. The van der Waals surface area contributed by atoms with E-state index >= 15 is 0 Å². The molecule has 0 N–H and O–H groups in total. The first-order valence-corrected chi connectivity index (χ1v) is 12.3. The van der Waals surface area contributed by atoms with Crippen LogP contribution in [0.25, 0.3) is 0 Å². The summed E-state index contributed by atoms with van der Waals surface area (Å²) in [7, 11) is -1.38. The summed E-state index contributed by atoms with van der Waals surface area (Å²) in [5, 5.41) is 11.6. The second kappa shape index (κ2) is 8.18. The Kier molecular flexibility index (Phi) is 5.90. The third kappa shape index (κ3) is 3.76. The molecule has 1 aromatic rings. The molecule has 5 rings (SSSR count). The van der Waals surface area contributed by atoms with Crippen molar-refractivity contribution in [1.29, 1.82) is 0 Å². The standard InChI is InChI=1S/C22H30NO6P/c1-28-30(27,29-2)20(19(14-23(25)26)18-6-4-3-5-7-18)21(24)22-11-15-8-16(12-22)10-17(9-15)13-22/h3-7,15-17,19-20H,8-14H2,1-2H3/t15?,16?,17?,19-,20-,22?/m1/s1. The van der Waals surface area contributed by atoms with Gasteiger partial charge < -0.3 is 9.05 Å². The molecule has 4 fully saturated rings. The van der Waals surface area contributed by atoms with Crippen LogP contribution < -0.4 is 0 Å². The molecule has 4 aliphatic rings. The largest absolute Gasteiger partial charge is 0.341 e. The number of carbonyl (C=O) groups excluding carboxylic acids is 1. The summed E-state index contributed by atoms with van der Waals surface area (Å²) in [5.74, 6) is 0.555. The van der Waals surface area contributed by atoms with Gasteiger partial charge in [0.2, 0.25) is 6.54 Å². The molecule has 0 saturated heterocycles. The van der Waals surface area contributed by atoms with Gasteiger partial charge in [-0.25, -0.2) is 0 Å². The summed E-state index contributed by atoms with van der Waals surface area (Å²) in [6, 6.07) is 8.88. The van der Waals surface area contributed by atoms with Crippen LogP contribution in [0.4, 0.5) is 0 Å². The van der Waals surface area contributed by atoms with Gasteiger partial charge in [0.05, 0.1) is 5.92 Å². The summed E-state index contributed by atoms with van der Waals surface area (Å²) in [4.78, 5) is 25.4. The average molecular weight is 435 g/mol. The molecule has 0 aromatic heterocycles. The molecule has 0 unspecified atom stereocenters. The quantitative estimate of drug-likeness (QED) is 0.317. The Morgan fingerprint density at radius 2 is 1.60 bits per heavy atom. The van der Waals surface area contributed by atoms with Crippen LogP contribution in [0.15, 0.2) is 30.3 Å². The summed E-state index contributed by atoms with van der Waals surface area (Å²) >= 11 is 0. The topological polar surface area (TPSA) is 95.7 Å². The Labute approximate surface area is 177 Å². The molecule has 0 spiro atoms. The number of nitro groups is 1. The van der Waals surface area contributed by atoms with Crippen molar-refractivity contribution >= 4 is 13.4 Å². The molecule has 4 aliphatic carbocycles. The zero-order valence-electron chi connectivity index (χ0n) is 17.6. The van der Waals surface area contributed by atoms with Crippen molar-refractivity contribution in [3.05, 3.63) is 46.0 Å². The van der Waals surface area contributed by atoms with Crippen LogP contribution in [0.3, 0.4) is 0 Å². The minimum absolute atomic E-state index is 0.149. The first kappa shape index (κ1) is 21.7. The second-order valence-electron chi connectivity index (χ2n) is 9.44. The van der Waals surface area contributed by atoms with Gasteiger partial charge in [-0.1, -0.05) is 30.3 Å². The first-order chi connectivity index (χ1) is 14.3. The van der Waals surface area contributed by atoms with E-state index in [4.69, 9.17) is 9.05 Å². The number of hydrogen-bond acceptors (Lipinski definition) is 6. The molecule has 7 nitrogen and oxygen atoms in total. The third-order valence-corrected chi connectivity index (χ3v) is 9.93.